The van der Waals surface area contributed by atoms with Gasteiger partial charge in [-0.3, -0.25) is 5.10 Å². The molecule has 1 N–H and O–H groups in total. The van der Waals surface area contributed by atoms with Crippen LogP contribution in [0.2, 0.25) is 0 Å². The van der Waals surface area contributed by atoms with Gasteiger partial charge in [0.05, 0.1) is 5.69 Å². The molecule has 1 aromatic heterocycles. The Balaban J connectivity index is 2.54. The summed E-state index contributed by atoms with van der Waals surface area (Å²) in [7, 11) is 0. The summed E-state index contributed by atoms with van der Waals surface area (Å²) in [5.74, 6) is 2.21. The molecule has 62 valence electrons. The van der Waals surface area contributed by atoms with Crippen molar-refractivity contribution in [3.8, 4) is 0 Å². The van der Waals surface area contributed by atoms with Gasteiger partial charge in [-0.15, -0.1) is 0 Å². The zero-order valence-electron chi connectivity index (χ0n) is 7.05. The Kier molecular flexibility index (Phi) is 3.49. The van der Waals surface area contributed by atoms with Crippen LogP contribution >= 0.6 is 11.8 Å². The summed E-state index contributed by atoms with van der Waals surface area (Å²) in [6.45, 7) is 4.33. The zero-order valence-corrected chi connectivity index (χ0v) is 7.87. The van der Waals surface area contributed by atoms with E-state index in [1.165, 1.54) is 11.3 Å². The molecule has 1 rings (SSSR count). The SMILES string of the molecule is CCSCc1n[nH]cc1CC. The summed E-state index contributed by atoms with van der Waals surface area (Å²) in [6, 6.07) is 0. The van der Waals surface area contributed by atoms with Gasteiger partial charge in [0.1, 0.15) is 0 Å². The third-order valence-electron chi connectivity index (χ3n) is 1.63. The monoisotopic (exact) mass is 170 g/mol. The van der Waals surface area contributed by atoms with Crippen LogP contribution < -0.4 is 0 Å². The van der Waals surface area contributed by atoms with E-state index in [-0.39, 0.29) is 0 Å². The Hall–Kier alpha value is -0.440. The molecule has 2 nitrogen and oxygen atoms in total. The minimum atomic E-state index is 1.04. The molecule has 1 aromatic rings. The molecule has 0 spiro atoms. The second-order valence-corrected chi connectivity index (χ2v) is 3.62. The second-order valence-electron chi connectivity index (χ2n) is 2.35. The highest BCUT2D eigenvalue weighted by atomic mass is 32.2. The van der Waals surface area contributed by atoms with Crippen molar-refractivity contribution in [1.82, 2.24) is 10.2 Å². The third-order valence-corrected chi connectivity index (χ3v) is 2.52. The number of hydrogen-bond acceptors (Lipinski definition) is 2. The number of nitrogens with zero attached hydrogens (tertiary/aromatic N) is 1. The Morgan fingerprint density at radius 1 is 1.55 bits per heavy atom. The van der Waals surface area contributed by atoms with E-state index in [0.29, 0.717) is 0 Å². The van der Waals surface area contributed by atoms with Crippen molar-refractivity contribution in [3.05, 3.63) is 17.5 Å². The zero-order chi connectivity index (χ0) is 8.10. The highest BCUT2D eigenvalue weighted by molar-refractivity contribution is 7.98. The minimum absolute atomic E-state index is 1.04. The molecule has 0 unspecified atom stereocenters. The molecule has 0 fully saturated rings. The molecule has 0 bridgehead atoms. The number of hydrogen-bond donors (Lipinski definition) is 1. The molecular formula is C8H14N2S. The van der Waals surface area contributed by atoms with Crippen LogP contribution in [0, 0.1) is 0 Å². The fourth-order valence-electron chi connectivity index (χ4n) is 0.973. The lowest BCUT2D eigenvalue weighted by atomic mass is 10.2. The van der Waals surface area contributed by atoms with E-state index in [0.717, 1.165) is 17.9 Å². The van der Waals surface area contributed by atoms with Gasteiger partial charge in [-0.2, -0.15) is 16.9 Å². The lowest BCUT2D eigenvalue weighted by molar-refractivity contribution is 1.03. The lowest BCUT2D eigenvalue weighted by Crippen LogP contribution is -1.87. The van der Waals surface area contributed by atoms with Crippen molar-refractivity contribution in [1.29, 1.82) is 0 Å². The van der Waals surface area contributed by atoms with Gasteiger partial charge in [0.25, 0.3) is 0 Å². The molecule has 0 radical (unpaired) electrons. The van der Waals surface area contributed by atoms with Crippen LogP contribution in [0.15, 0.2) is 6.20 Å². The maximum atomic E-state index is 4.18. The summed E-state index contributed by atoms with van der Waals surface area (Å²) < 4.78 is 0. The molecule has 0 atom stereocenters. The van der Waals surface area contributed by atoms with Crippen molar-refractivity contribution < 1.29 is 0 Å². The quantitative estimate of drug-likeness (QED) is 0.750. The molecule has 0 aliphatic carbocycles. The van der Waals surface area contributed by atoms with E-state index in [1.807, 2.05) is 18.0 Å². The van der Waals surface area contributed by atoms with Crippen LogP contribution in [-0.4, -0.2) is 16.0 Å². The van der Waals surface area contributed by atoms with E-state index < -0.39 is 0 Å². The van der Waals surface area contributed by atoms with Crippen molar-refractivity contribution in [3.63, 3.8) is 0 Å². The average Bonchev–Trinajstić information content (AvgIpc) is 2.47. The average molecular weight is 170 g/mol. The molecule has 1 heterocycles. The van der Waals surface area contributed by atoms with Gasteiger partial charge >= 0.3 is 0 Å². The van der Waals surface area contributed by atoms with Crippen LogP contribution in [0.25, 0.3) is 0 Å². The Morgan fingerprint density at radius 3 is 3.00 bits per heavy atom. The van der Waals surface area contributed by atoms with Crippen LogP contribution in [0.3, 0.4) is 0 Å². The maximum absolute atomic E-state index is 4.18. The summed E-state index contributed by atoms with van der Waals surface area (Å²) in [5, 5.41) is 7.07. The lowest BCUT2D eigenvalue weighted by Gasteiger charge is -1.96. The summed E-state index contributed by atoms with van der Waals surface area (Å²) in [5.41, 5.74) is 2.57. The Labute approximate surface area is 71.8 Å². The largest absolute Gasteiger partial charge is 0.285 e. The molecule has 0 aromatic carbocycles. The topological polar surface area (TPSA) is 28.7 Å². The first-order valence-corrected chi connectivity index (χ1v) is 5.13. The minimum Gasteiger partial charge on any atom is -0.285 e. The van der Waals surface area contributed by atoms with Gasteiger partial charge in [0, 0.05) is 11.9 Å². The predicted molar refractivity (Wildman–Crippen MR) is 49.8 cm³/mol. The molecule has 0 aliphatic rings. The van der Waals surface area contributed by atoms with Crippen molar-refractivity contribution in [2.45, 2.75) is 26.0 Å². The number of aryl methyl sites for hydroxylation is 1. The summed E-state index contributed by atoms with van der Waals surface area (Å²) in [4.78, 5) is 0. The van der Waals surface area contributed by atoms with Crippen LogP contribution in [0.4, 0.5) is 0 Å². The van der Waals surface area contributed by atoms with Gasteiger partial charge in [-0.1, -0.05) is 13.8 Å². The standard InChI is InChI=1S/C8H14N2S/c1-3-7-5-9-10-8(7)6-11-4-2/h5H,3-4,6H2,1-2H3,(H,9,10). The third kappa shape index (κ3) is 2.26. The van der Waals surface area contributed by atoms with Gasteiger partial charge in [-0.25, -0.2) is 0 Å². The summed E-state index contributed by atoms with van der Waals surface area (Å²) in [6.07, 6.45) is 3.07. The van der Waals surface area contributed by atoms with Crippen LogP contribution in [0.5, 0.6) is 0 Å². The van der Waals surface area contributed by atoms with Crippen molar-refractivity contribution in [2.24, 2.45) is 0 Å². The number of H-pyrrole nitrogens is 1. The molecule has 0 saturated carbocycles. The fraction of sp³-hybridized carbons (Fsp3) is 0.625. The van der Waals surface area contributed by atoms with E-state index in [1.54, 1.807) is 0 Å². The number of nitrogens with one attached hydrogen (secondary N) is 1. The van der Waals surface area contributed by atoms with E-state index >= 15 is 0 Å². The molecule has 0 aliphatic heterocycles. The highest BCUT2D eigenvalue weighted by Gasteiger charge is 2.01. The van der Waals surface area contributed by atoms with E-state index in [9.17, 15) is 0 Å². The smallest absolute Gasteiger partial charge is 0.0752 e. The van der Waals surface area contributed by atoms with Gasteiger partial charge in [0.15, 0.2) is 0 Å². The van der Waals surface area contributed by atoms with Gasteiger partial charge < -0.3 is 0 Å². The second kappa shape index (κ2) is 4.44. The molecule has 0 amide bonds. The summed E-state index contributed by atoms with van der Waals surface area (Å²) >= 11 is 1.91. The number of aromatic amines is 1. The first-order valence-electron chi connectivity index (χ1n) is 3.97. The van der Waals surface area contributed by atoms with Crippen LogP contribution in [-0.2, 0) is 12.2 Å². The predicted octanol–water partition coefficient (Wildman–Crippen LogP) is 2.23. The Morgan fingerprint density at radius 2 is 2.36 bits per heavy atom. The van der Waals surface area contributed by atoms with Gasteiger partial charge in [-0.05, 0) is 17.7 Å². The molecular weight excluding hydrogens is 156 g/mol. The normalized spacial score (nSPS) is 10.4. The van der Waals surface area contributed by atoms with Gasteiger partial charge in [0.2, 0.25) is 0 Å². The van der Waals surface area contributed by atoms with Crippen molar-refractivity contribution in [2.75, 3.05) is 5.75 Å². The van der Waals surface area contributed by atoms with E-state index in [2.05, 4.69) is 24.0 Å². The Bertz CT molecular complexity index is 208. The molecule has 0 saturated heterocycles. The molecule has 11 heavy (non-hydrogen) atoms. The first kappa shape index (κ1) is 8.65. The van der Waals surface area contributed by atoms with E-state index in [4.69, 9.17) is 0 Å². The fourth-order valence-corrected chi connectivity index (χ4v) is 1.62. The number of aromatic nitrogens is 2. The first-order chi connectivity index (χ1) is 5.38. The molecule has 3 heteroatoms. The number of thioether (sulfide) groups is 1. The highest BCUT2D eigenvalue weighted by Crippen LogP contribution is 2.13. The maximum Gasteiger partial charge on any atom is 0.0752 e. The van der Waals surface area contributed by atoms with Crippen LogP contribution in [0.1, 0.15) is 25.1 Å². The number of rotatable bonds is 4. The van der Waals surface area contributed by atoms with Crippen molar-refractivity contribution >= 4 is 11.8 Å².